The normalized spacial score (nSPS) is 26.3. The number of rotatable bonds is 4. The Morgan fingerprint density at radius 3 is 2.50 bits per heavy atom. The molecule has 0 unspecified atom stereocenters. The minimum Gasteiger partial charge on any atom is -0.369 e. The van der Waals surface area contributed by atoms with Crippen molar-refractivity contribution in [2.75, 3.05) is 20.1 Å². The number of aryl methyl sites for hydroxylation is 2. The third-order valence-electron chi connectivity index (χ3n) is 5.75. The van der Waals surface area contributed by atoms with Crippen molar-refractivity contribution in [3.8, 4) is 0 Å². The lowest BCUT2D eigenvalue weighted by Crippen LogP contribution is -2.58. The first-order valence-corrected chi connectivity index (χ1v) is 11.0. The van der Waals surface area contributed by atoms with Gasteiger partial charge in [0.1, 0.15) is 6.04 Å². The molecular weight excluding hydrogens is 384 g/mol. The van der Waals surface area contributed by atoms with Crippen molar-refractivity contribution in [1.82, 2.24) is 23.7 Å². The summed E-state index contributed by atoms with van der Waals surface area (Å²) in [6, 6.07) is -1.32. The Bertz CT molecular complexity index is 859. The maximum atomic E-state index is 13.1. The lowest BCUT2D eigenvalue weighted by molar-refractivity contribution is -0.138. The fourth-order valence-corrected chi connectivity index (χ4v) is 5.19. The minimum absolute atomic E-state index is 0.228. The van der Waals surface area contributed by atoms with E-state index in [4.69, 9.17) is 5.73 Å². The number of likely N-dealkylation sites (tertiary alicyclic amines) is 1. The fraction of sp³-hybridized carbons (Fsp3) is 0.706. The Balaban J connectivity index is 1.80. The van der Waals surface area contributed by atoms with Gasteiger partial charge in [0.2, 0.25) is 11.8 Å². The highest BCUT2D eigenvalue weighted by atomic mass is 32.2. The molecule has 3 heterocycles. The zero-order valence-electron chi connectivity index (χ0n) is 16.5. The summed E-state index contributed by atoms with van der Waals surface area (Å²) in [5.41, 5.74) is 6.88. The van der Waals surface area contributed by atoms with Crippen LogP contribution in [0.15, 0.2) is 6.20 Å². The molecule has 2 atom stereocenters. The molecule has 1 aromatic rings. The Morgan fingerprint density at radius 2 is 1.96 bits per heavy atom. The van der Waals surface area contributed by atoms with Crippen LogP contribution in [-0.2, 0) is 26.3 Å². The second-order valence-electron chi connectivity index (χ2n) is 7.47. The van der Waals surface area contributed by atoms with Crippen LogP contribution in [-0.4, -0.2) is 65.4 Å². The van der Waals surface area contributed by atoms with E-state index in [-0.39, 0.29) is 17.7 Å². The monoisotopic (exact) mass is 412 g/mol. The molecule has 1 aromatic heterocycles. The SMILES string of the molecule is CCn1cc([C@@H]2C[C@@H](C(=O)N3CCC(C(N)=O)CC3)N(C)S(=O)(=O)N2)c(C)n1. The van der Waals surface area contributed by atoms with Crippen molar-refractivity contribution in [3.05, 3.63) is 17.5 Å². The number of aromatic nitrogens is 2. The molecule has 0 radical (unpaired) electrons. The van der Waals surface area contributed by atoms with Gasteiger partial charge < -0.3 is 10.6 Å². The van der Waals surface area contributed by atoms with Gasteiger partial charge in [-0.15, -0.1) is 0 Å². The number of amides is 2. The Kier molecular flexibility index (Phi) is 5.78. The molecule has 156 valence electrons. The van der Waals surface area contributed by atoms with Crippen LogP contribution in [0.3, 0.4) is 0 Å². The predicted molar refractivity (Wildman–Crippen MR) is 102 cm³/mol. The number of likely N-dealkylation sites (N-methyl/N-ethyl adjacent to an activating group) is 1. The topological polar surface area (TPSA) is 131 Å². The molecule has 28 heavy (non-hydrogen) atoms. The van der Waals surface area contributed by atoms with E-state index in [1.807, 2.05) is 20.0 Å². The van der Waals surface area contributed by atoms with E-state index in [9.17, 15) is 18.0 Å². The summed E-state index contributed by atoms with van der Waals surface area (Å²) in [5.74, 6) is -0.813. The van der Waals surface area contributed by atoms with E-state index < -0.39 is 22.3 Å². The second kappa shape index (κ2) is 7.80. The summed E-state index contributed by atoms with van der Waals surface area (Å²) in [7, 11) is -2.39. The lowest BCUT2D eigenvalue weighted by atomic mass is 9.94. The molecule has 2 aliphatic rings. The quantitative estimate of drug-likeness (QED) is 0.689. The van der Waals surface area contributed by atoms with E-state index in [0.717, 1.165) is 15.6 Å². The number of hydrogen-bond donors (Lipinski definition) is 2. The van der Waals surface area contributed by atoms with Crippen molar-refractivity contribution in [3.63, 3.8) is 0 Å². The number of primary amides is 1. The van der Waals surface area contributed by atoms with Crippen LogP contribution in [0.25, 0.3) is 0 Å². The van der Waals surface area contributed by atoms with Crippen LogP contribution in [0.1, 0.15) is 43.5 Å². The van der Waals surface area contributed by atoms with Gasteiger partial charge in [-0.2, -0.15) is 22.5 Å². The molecule has 0 bridgehead atoms. The average Bonchev–Trinajstić information content (AvgIpc) is 3.04. The van der Waals surface area contributed by atoms with E-state index in [2.05, 4.69) is 9.82 Å². The van der Waals surface area contributed by atoms with Gasteiger partial charge in [0, 0.05) is 44.4 Å². The van der Waals surface area contributed by atoms with Crippen molar-refractivity contribution in [2.45, 2.75) is 51.7 Å². The Labute approximate surface area is 165 Å². The number of nitrogens with zero attached hydrogens (tertiary/aromatic N) is 4. The number of nitrogens with two attached hydrogens (primary N) is 1. The van der Waals surface area contributed by atoms with Crippen LogP contribution < -0.4 is 10.5 Å². The first kappa shape index (κ1) is 20.7. The van der Waals surface area contributed by atoms with Crippen molar-refractivity contribution < 1.29 is 18.0 Å². The molecule has 3 rings (SSSR count). The summed E-state index contributed by atoms with van der Waals surface area (Å²) in [6.45, 7) is 5.28. The highest BCUT2D eigenvalue weighted by Gasteiger charge is 2.43. The average molecular weight is 413 g/mol. The zero-order valence-corrected chi connectivity index (χ0v) is 17.3. The summed E-state index contributed by atoms with van der Waals surface area (Å²) in [6.07, 6.45) is 3.16. The third-order valence-corrected chi connectivity index (χ3v) is 7.34. The van der Waals surface area contributed by atoms with Crippen molar-refractivity contribution >= 4 is 22.0 Å². The predicted octanol–water partition coefficient (Wildman–Crippen LogP) is -0.485. The molecule has 0 spiro atoms. The summed E-state index contributed by atoms with van der Waals surface area (Å²) >= 11 is 0. The van der Waals surface area contributed by atoms with Crippen molar-refractivity contribution in [2.24, 2.45) is 11.7 Å². The van der Waals surface area contributed by atoms with Crippen LogP contribution >= 0.6 is 0 Å². The van der Waals surface area contributed by atoms with E-state index in [1.54, 1.807) is 9.58 Å². The first-order chi connectivity index (χ1) is 13.1. The Morgan fingerprint density at radius 1 is 1.32 bits per heavy atom. The maximum absolute atomic E-state index is 13.1. The summed E-state index contributed by atoms with van der Waals surface area (Å²) < 4.78 is 30.8. The van der Waals surface area contributed by atoms with Gasteiger partial charge in [-0.25, -0.2) is 0 Å². The van der Waals surface area contributed by atoms with Gasteiger partial charge in [-0.1, -0.05) is 0 Å². The van der Waals surface area contributed by atoms with Gasteiger partial charge in [-0.05, 0) is 33.1 Å². The number of piperidine rings is 1. The number of carbonyl (C=O) groups is 2. The largest absolute Gasteiger partial charge is 0.369 e. The number of nitrogens with one attached hydrogen (secondary N) is 1. The van der Waals surface area contributed by atoms with Gasteiger partial charge in [0.25, 0.3) is 10.2 Å². The molecule has 0 saturated carbocycles. The second-order valence-corrected chi connectivity index (χ2v) is 9.23. The van der Waals surface area contributed by atoms with Crippen LogP contribution in [0.2, 0.25) is 0 Å². The molecule has 2 saturated heterocycles. The van der Waals surface area contributed by atoms with E-state index in [0.29, 0.717) is 38.9 Å². The highest BCUT2D eigenvalue weighted by molar-refractivity contribution is 7.87. The summed E-state index contributed by atoms with van der Waals surface area (Å²) in [4.78, 5) is 26.1. The number of hydrogen-bond acceptors (Lipinski definition) is 5. The minimum atomic E-state index is -3.81. The fourth-order valence-electron chi connectivity index (χ4n) is 3.93. The molecular formula is C17H28N6O4S. The first-order valence-electron chi connectivity index (χ1n) is 9.51. The van der Waals surface area contributed by atoms with Gasteiger partial charge in [-0.3, -0.25) is 14.3 Å². The van der Waals surface area contributed by atoms with E-state index >= 15 is 0 Å². The van der Waals surface area contributed by atoms with Crippen LogP contribution in [0, 0.1) is 12.8 Å². The lowest BCUT2D eigenvalue weighted by Gasteiger charge is -2.40. The van der Waals surface area contributed by atoms with Crippen LogP contribution in [0.5, 0.6) is 0 Å². The standard InChI is InChI=1S/C17H28N6O4S/c1-4-23-10-13(11(2)19-23)14-9-15(21(3)28(26,27)20-14)17(25)22-7-5-12(6-8-22)16(18)24/h10,12,14-15,20H,4-9H2,1-3H3,(H2,18,24)/t14-,15-/m0/s1. The Hall–Kier alpha value is -1.98. The number of carbonyl (C=O) groups excluding carboxylic acids is 2. The molecule has 0 aliphatic carbocycles. The molecule has 2 fully saturated rings. The maximum Gasteiger partial charge on any atom is 0.280 e. The smallest absolute Gasteiger partial charge is 0.280 e. The summed E-state index contributed by atoms with van der Waals surface area (Å²) in [5, 5.41) is 4.38. The molecule has 0 aromatic carbocycles. The van der Waals surface area contributed by atoms with E-state index in [1.165, 1.54) is 7.05 Å². The molecule has 2 aliphatic heterocycles. The highest BCUT2D eigenvalue weighted by Crippen LogP contribution is 2.31. The molecule has 3 N–H and O–H groups in total. The third kappa shape index (κ3) is 3.91. The molecule has 11 heteroatoms. The van der Waals surface area contributed by atoms with Gasteiger partial charge >= 0.3 is 0 Å². The molecule has 10 nitrogen and oxygen atoms in total. The van der Waals surface area contributed by atoms with Gasteiger partial charge in [0.15, 0.2) is 0 Å². The van der Waals surface area contributed by atoms with Crippen LogP contribution in [0.4, 0.5) is 0 Å². The zero-order chi connectivity index (χ0) is 20.6. The van der Waals surface area contributed by atoms with Crippen molar-refractivity contribution in [1.29, 1.82) is 0 Å². The molecule has 2 amide bonds. The van der Waals surface area contributed by atoms with Gasteiger partial charge in [0.05, 0.1) is 11.7 Å².